The zero-order valence-electron chi connectivity index (χ0n) is 8.15. The Morgan fingerprint density at radius 2 is 2.43 bits per heavy atom. The second-order valence-corrected chi connectivity index (χ2v) is 2.96. The molecule has 4 nitrogen and oxygen atoms in total. The predicted molar refractivity (Wildman–Crippen MR) is 53.1 cm³/mol. The summed E-state index contributed by atoms with van der Waals surface area (Å²) in [5, 5.41) is 0. The van der Waals surface area contributed by atoms with Crippen molar-refractivity contribution in [3.63, 3.8) is 0 Å². The zero-order chi connectivity index (χ0) is 10.4. The normalized spacial score (nSPS) is 21.4. The van der Waals surface area contributed by atoms with Crippen LogP contribution in [-0.2, 0) is 9.47 Å². The molecule has 0 saturated carbocycles. The average molecular weight is 197 g/mol. The Kier molecular flexibility index (Phi) is 4.19. The van der Waals surface area contributed by atoms with E-state index in [4.69, 9.17) is 9.47 Å². The first-order chi connectivity index (χ1) is 6.77. The van der Waals surface area contributed by atoms with Crippen LogP contribution in [0, 0.1) is 0 Å². The largest absolute Gasteiger partial charge is 0.445 e. The van der Waals surface area contributed by atoms with Gasteiger partial charge in [0.05, 0.1) is 19.3 Å². The Morgan fingerprint density at radius 1 is 1.64 bits per heavy atom. The third-order valence-corrected chi connectivity index (χ3v) is 1.94. The van der Waals surface area contributed by atoms with Gasteiger partial charge in [0, 0.05) is 6.54 Å². The molecule has 0 bridgehead atoms. The fraction of sp³-hybridized carbons (Fsp3) is 0.500. The molecule has 1 amide bonds. The molecule has 78 valence electrons. The molecule has 0 aliphatic carbocycles. The number of carbonyl (C=O) groups is 1. The van der Waals surface area contributed by atoms with E-state index in [1.54, 1.807) is 17.1 Å². The van der Waals surface area contributed by atoms with Crippen LogP contribution < -0.4 is 0 Å². The van der Waals surface area contributed by atoms with Gasteiger partial charge in [-0.2, -0.15) is 0 Å². The molecule has 0 aromatic heterocycles. The van der Waals surface area contributed by atoms with Gasteiger partial charge in [-0.05, 0) is 0 Å². The molecule has 1 aliphatic heterocycles. The molecule has 0 N–H and O–H groups in total. The lowest BCUT2D eigenvalue weighted by Crippen LogP contribution is -2.45. The summed E-state index contributed by atoms with van der Waals surface area (Å²) in [6.45, 7) is 8.95. The van der Waals surface area contributed by atoms with Gasteiger partial charge in [-0.1, -0.05) is 18.7 Å². The van der Waals surface area contributed by atoms with Crippen LogP contribution in [0.3, 0.4) is 0 Å². The standard InChI is InChI=1S/C10H15NO3/c1-3-6-14-10(12)11-5-7-13-9(4-2)8-11/h3-4,9H,1-2,5-8H2. The molecule has 1 rings (SSSR count). The topological polar surface area (TPSA) is 38.8 Å². The number of nitrogens with zero attached hydrogens (tertiary/aromatic N) is 1. The molecule has 1 unspecified atom stereocenters. The van der Waals surface area contributed by atoms with E-state index in [0.717, 1.165) is 0 Å². The van der Waals surface area contributed by atoms with Gasteiger partial charge in [0.15, 0.2) is 0 Å². The summed E-state index contributed by atoms with van der Waals surface area (Å²) in [4.78, 5) is 13.0. The Bertz CT molecular complexity index is 227. The molecule has 0 aromatic carbocycles. The van der Waals surface area contributed by atoms with Crippen molar-refractivity contribution in [3.05, 3.63) is 25.3 Å². The molecule has 0 radical (unpaired) electrons. The van der Waals surface area contributed by atoms with Gasteiger partial charge in [-0.3, -0.25) is 0 Å². The maximum atomic E-state index is 11.4. The first kappa shape index (κ1) is 10.8. The van der Waals surface area contributed by atoms with E-state index in [1.807, 2.05) is 0 Å². The molecule has 0 aromatic rings. The van der Waals surface area contributed by atoms with Gasteiger partial charge in [0.25, 0.3) is 0 Å². The van der Waals surface area contributed by atoms with E-state index in [1.165, 1.54) is 0 Å². The van der Waals surface area contributed by atoms with E-state index in [0.29, 0.717) is 19.7 Å². The summed E-state index contributed by atoms with van der Waals surface area (Å²) in [5.74, 6) is 0. The van der Waals surface area contributed by atoms with Crippen LogP contribution in [0.15, 0.2) is 25.3 Å². The van der Waals surface area contributed by atoms with E-state index < -0.39 is 0 Å². The number of hydrogen-bond donors (Lipinski definition) is 0. The Hall–Kier alpha value is -1.29. The Morgan fingerprint density at radius 3 is 3.07 bits per heavy atom. The number of amides is 1. The molecule has 1 aliphatic rings. The van der Waals surface area contributed by atoms with E-state index >= 15 is 0 Å². The number of hydrogen-bond acceptors (Lipinski definition) is 3. The molecule has 1 atom stereocenters. The summed E-state index contributed by atoms with van der Waals surface area (Å²) in [6, 6.07) is 0. The maximum absolute atomic E-state index is 11.4. The molecule has 0 spiro atoms. The third-order valence-electron chi connectivity index (χ3n) is 1.94. The van der Waals surface area contributed by atoms with Crippen LogP contribution in [-0.4, -0.2) is 43.4 Å². The smallest absolute Gasteiger partial charge is 0.410 e. The Labute approximate surface area is 83.8 Å². The highest BCUT2D eigenvalue weighted by Gasteiger charge is 2.22. The average Bonchev–Trinajstić information content (AvgIpc) is 2.26. The van der Waals surface area contributed by atoms with Gasteiger partial charge < -0.3 is 14.4 Å². The van der Waals surface area contributed by atoms with E-state index in [2.05, 4.69) is 13.2 Å². The van der Waals surface area contributed by atoms with Crippen LogP contribution in [0.2, 0.25) is 0 Å². The highest BCUT2D eigenvalue weighted by Crippen LogP contribution is 2.07. The predicted octanol–water partition coefficient (Wildman–Crippen LogP) is 1.20. The minimum absolute atomic E-state index is 0.0833. The van der Waals surface area contributed by atoms with E-state index in [-0.39, 0.29) is 18.8 Å². The molecular formula is C10H15NO3. The monoisotopic (exact) mass is 197 g/mol. The molecule has 14 heavy (non-hydrogen) atoms. The van der Waals surface area contributed by atoms with Crippen LogP contribution in [0.5, 0.6) is 0 Å². The first-order valence-electron chi connectivity index (χ1n) is 4.54. The van der Waals surface area contributed by atoms with Gasteiger partial charge in [-0.25, -0.2) is 4.79 Å². The molecule has 1 fully saturated rings. The zero-order valence-corrected chi connectivity index (χ0v) is 8.15. The van der Waals surface area contributed by atoms with Gasteiger partial charge in [0.2, 0.25) is 0 Å². The van der Waals surface area contributed by atoms with Gasteiger partial charge >= 0.3 is 6.09 Å². The highest BCUT2D eigenvalue weighted by molar-refractivity contribution is 5.67. The second-order valence-electron chi connectivity index (χ2n) is 2.96. The van der Waals surface area contributed by atoms with Gasteiger partial charge in [0.1, 0.15) is 6.61 Å². The number of ether oxygens (including phenoxy) is 2. The SMILES string of the molecule is C=CCOC(=O)N1CCOC(C=C)C1. The van der Waals surface area contributed by atoms with Crippen molar-refractivity contribution in [2.75, 3.05) is 26.3 Å². The van der Waals surface area contributed by atoms with Crippen molar-refractivity contribution in [2.45, 2.75) is 6.10 Å². The van der Waals surface area contributed by atoms with Crippen LogP contribution in [0.25, 0.3) is 0 Å². The summed E-state index contributed by atoms with van der Waals surface area (Å²) in [7, 11) is 0. The fourth-order valence-electron chi connectivity index (χ4n) is 1.21. The lowest BCUT2D eigenvalue weighted by Gasteiger charge is -2.30. The lowest BCUT2D eigenvalue weighted by molar-refractivity contribution is -0.00334. The summed E-state index contributed by atoms with van der Waals surface area (Å²) >= 11 is 0. The van der Waals surface area contributed by atoms with Gasteiger partial charge in [-0.15, -0.1) is 6.58 Å². The summed E-state index contributed by atoms with van der Waals surface area (Å²) in [5.41, 5.74) is 0. The molecule has 1 saturated heterocycles. The second kappa shape index (κ2) is 5.44. The number of morpholine rings is 1. The molecule has 1 heterocycles. The molecule has 4 heteroatoms. The van der Waals surface area contributed by atoms with E-state index in [9.17, 15) is 4.79 Å². The van der Waals surface area contributed by atoms with Crippen LogP contribution in [0.4, 0.5) is 4.79 Å². The van der Waals surface area contributed by atoms with Crippen LogP contribution in [0.1, 0.15) is 0 Å². The maximum Gasteiger partial charge on any atom is 0.410 e. The fourth-order valence-corrected chi connectivity index (χ4v) is 1.21. The quantitative estimate of drug-likeness (QED) is 0.638. The first-order valence-corrected chi connectivity index (χ1v) is 4.54. The minimum atomic E-state index is -0.319. The summed E-state index contributed by atoms with van der Waals surface area (Å²) in [6.07, 6.45) is 2.83. The van der Waals surface area contributed by atoms with Crippen molar-refractivity contribution in [1.82, 2.24) is 4.90 Å². The number of carbonyl (C=O) groups excluding carboxylic acids is 1. The van der Waals surface area contributed by atoms with Crippen molar-refractivity contribution in [1.29, 1.82) is 0 Å². The van der Waals surface area contributed by atoms with Crippen molar-refractivity contribution in [3.8, 4) is 0 Å². The lowest BCUT2D eigenvalue weighted by atomic mass is 10.3. The Balaban J connectivity index is 2.38. The molecular weight excluding hydrogens is 182 g/mol. The van der Waals surface area contributed by atoms with Crippen LogP contribution >= 0.6 is 0 Å². The third kappa shape index (κ3) is 2.88. The van der Waals surface area contributed by atoms with Crippen molar-refractivity contribution in [2.24, 2.45) is 0 Å². The number of rotatable bonds is 3. The highest BCUT2D eigenvalue weighted by atomic mass is 16.6. The minimum Gasteiger partial charge on any atom is -0.445 e. The summed E-state index contributed by atoms with van der Waals surface area (Å²) < 4.78 is 10.2. The van der Waals surface area contributed by atoms with Crippen molar-refractivity contribution >= 4 is 6.09 Å². The van der Waals surface area contributed by atoms with Crippen molar-refractivity contribution < 1.29 is 14.3 Å².